The van der Waals surface area contributed by atoms with Crippen LogP contribution in [0.5, 0.6) is 0 Å². The molecule has 20 heavy (non-hydrogen) atoms. The number of carbonyl (C=O) groups is 1. The Labute approximate surface area is 128 Å². The minimum atomic E-state index is -3.89. The summed E-state index contributed by atoms with van der Waals surface area (Å²) in [6.07, 6.45) is 1.48. The summed E-state index contributed by atoms with van der Waals surface area (Å²) in [7, 11) is -5.02. The molecular formula is C11H14BrNO5S2. The Morgan fingerprint density at radius 1 is 1.50 bits per heavy atom. The third kappa shape index (κ3) is 4.65. The molecule has 2 unspecified atom stereocenters. The Balaban J connectivity index is 3.12. The van der Waals surface area contributed by atoms with Crippen LogP contribution in [0.4, 0.5) is 0 Å². The molecule has 0 radical (unpaired) electrons. The monoisotopic (exact) mass is 383 g/mol. The molecule has 2 atom stereocenters. The van der Waals surface area contributed by atoms with Crippen molar-refractivity contribution in [1.82, 2.24) is 4.72 Å². The number of carboxylic acid groups (broad SMARTS) is 1. The maximum atomic E-state index is 12.2. The van der Waals surface area contributed by atoms with Crippen molar-refractivity contribution in [3.05, 3.63) is 28.2 Å². The molecule has 0 amide bonds. The Morgan fingerprint density at radius 2 is 2.10 bits per heavy atom. The summed E-state index contributed by atoms with van der Waals surface area (Å²) in [5.41, 5.74) is -0.125. The van der Waals surface area contributed by atoms with Gasteiger partial charge in [0.05, 0.1) is 10.5 Å². The van der Waals surface area contributed by atoms with Gasteiger partial charge in [-0.15, -0.1) is 0 Å². The summed E-state index contributed by atoms with van der Waals surface area (Å²) in [5.74, 6) is -1.04. The molecule has 1 rings (SSSR count). The minimum Gasteiger partial charge on any atom is -0.478 e. The zero-order valence-electron chi connectivity index (χ0n) is 10.8. The highest BCUT2D eigenvalue weighted by molar-refractivity contribution is 9.10. The maximum Gasteiger partial charge on any atom is 0.335 e. The largest absolute Gasteiger partial charge is 0.478 e. The van der Waals surface area contributed by atoms with Crippen LogP contribution in [-0.2, 0) is 20.8 Å². The molecule has 0 heterocycles. The number of carboxylic acids is 1. The van der Waals surface area contributed by atoms with Gasteiger partial charge in [-0.1, -0.05) is 0 Å². The molecule has 0 aliphatic heterocycles. The van der Waals surface area contributed by atoms with Crippen molar-refractivity contribution < 1.29 is 22.5 Å². The summed E-state index contributed by atoms with van der Waals surface area (Å²) in [6, 6.07) is 3.22. The summed E-state index contributed by atoms with van der Waals surface area (Å²) >= 11 is 3.08. The van der Waals surface area contributed by atoms with Crippen molar-refractivity contribution in [2.45, 2.75) is 17.9 Å². The van der Waals surface area contributed by atoms with Crippen LogP contribution < -0.4 is 4.72 Å². The lowest BCUT2D eigenvalue weighted by Crippen LogP contribution is -2.36. The number of hydrogen-bond donors (Lipinski definition) is 2. The number of benzene rings is 1. The van der Waals surface area contributed by atoms with Crippen LogP contribution in [0.25, 0.3) is 0 Å². The van der Waals surface area contributed by atoms with Crippen molar-refractivity contribution in [1.29, 1.82) is 0 Å². The predicted molar refractivity (Wildman–Crippen MR) is 79.8 cm³/mol. The summed E-state index contributed by atoms with van der Waals surface area (Å²) in [4.78, 5) is 10.7. The van der Waals surface area contributed by atoms with Gasteiger partial charge in [-0.2, -0.15) is 0 Å². The zero-order chi connectivity index (χ0) is 15.5. The lowest BCUT2D eigenvalue weighted by atomic mass is 10.2. The van der Waals surface area contributed by atoms with Crippen LogP contribution in [0.1, 0.15) is 17.3 Å². The molecular weight excluding hydrogens is 370 g/mol. The fourth-order valence-electron chi connectivity index (χ4n) is 1.56. The van der Waals surface area contributed by atoms with E-state index in [1.165, 1.54) is 18.4 Å². The summed E-state index contributed by atoms with van der Waals surface area (Å²) < 4.78 is 38.1. The average Bonchev–Trinajstić information content (AvgIpc) is 2.26. The first kappa shape index (κ1) is 17.3. The molecule has 0 fully saturated rings. The molecule has 1 aromatic carbocycles. The van der Waals surface area contributed by atoms with Crippen molar-refractivity contribution in [3.8, 4) is 0 Å². The van der Waals surface area contributed by atoms with Gasteiger partial charge in [0, 0.05) is 33.3 Å². The fourth-order valence-corrected chi connectivity index (χ4v) is 4.68. The lowest BCUT2D eigenvalue weighted by molar-refractivity contribution is 0.0696. The zero-order valence-corrected chi connectivity index (χ0v) is 14.0. The number of nitrogens with one attached hydrogen (secondary N) is 1. The molecule has 112 valence electrons. The van der Waals surface area contributed by atoms with Gasteiger partial charge in [0.15, 0.2) is 0 Å². The van der Waals surface area contributed by atoms with Gasteiger partial charge in [0.1, 0.15) is 0 Å². The van der Waals surface area contributed by atoms with E-state index >= 15 is 0 Å². The quantitative estimate of drug-likeness (QED) is 0.768. The van der Waals surface area contributed by atoms with Crippen LogP contribution in [0, 0.1) is 0 Å². The van der Waals surface area contributed by atoms with Crippen LogP contribution in [-0.4, -0.2) is 41.8 Å². The van der Waals surface area contributed by atoms with Crippen LogP contribution in [0.2, 0.25) is 0 Å². The number of aromatic carboxylic acids is 1. The van der Waals surface area contributed by atoms with Crippen molar-refractivity contribution in [2.24, 2.45) is 0 Å². The maximum absolute atomic E-state index is 12.2. The normalized spacial score (nSPS) is 14.8. The average molecular weight is 384 g/mol. The van der Waals surface area contributed by atoms with Gasteiger partial charge in [-0.3, -0.25) is 4.21 Å². The molecule has 6 nitrogen and oxygen atoms in total. The van der Waals surface area contributed by atoms with Crippen molar-refractivity contribution in [2.75, 3.05) is 12.0 Å². The van der Waals surface area contributed by atoms with E-state index in [-0.39, 0.29) is 20.7 Å². The molecule has 9 heteroatoms. The second-order valence-corrected chi connectivity index (χ2v) is 8.23. The Kier molecular flexibility index (Phi) is 5.87. The molecule has 0 aromatic heterocycles. The van der Waals surface area contributed by atoms with E-state index in [9.17, 15) is 17.4 Å². The second-order valence-electron chi connectivity index (χ2n) is 4.21. The van der Waals surface area contributed by atoms with E-state index < -0.39 is 32.8 Å². The summed E-state index contributed by atoms with van der Waals surface area (Å²) in [5, 5.41) is 8.90. The number of hydrogen-bond acceptors (Lipinski definition) is 4. The minimum absolute atomic E-state index is 0.125. The predicted octanol–water partition coefficient (Wildman–Crippen LogP) is 1.19. The molecule has 0 aliphatic rings. The van der Waals surface area contributed by atoms with E-state index in [1.807, 2.05) is 0 Å². The Morgan fingerprint density at radius 3 is 2.60 bits per heavy atom. The molecule has 0 bridgehead atoms. The standard InChI is InChI=1S/C11H14BrNO5S2/c1-7(6-19(2)16)13-20(17,18)10-5-8(11(14)15)3-4-9(10)12/h3-5,7,13H,6H2,1-2H3,(H,14,15). The van der Waals surface area contributed by atoms with Gasteiger partial charge in [0.25, 0.3) is 0 Å². The van der Waals surface area contributed by atoms with Crippen LogP contribution >= 0.6 is 15.9 Å². The van der Waals surface area contributed by atoms with Gasteiger partial charge in [-0.05, 0) is 41.1 Å². The van der Waals surface area contributed by atoms with Gasteiger partial charge >= 0.3 is 5.97 Å². The SMILES string of the molecule is CC(CS(C)=O)NS(=O)(=O)c1cc(C(=O)O)ccc1Br. The van der Waals surface area contributed by atoms with E-state index in [1.54, 1.807) is 6.92 Å². The molecule has 1 aromatic rings. The first-order chi connectivity index (χ1) is 9.13. The first-order valence-corrected chi connectivity index (χ1v) is 9.49. The Bertz CT molecular complexity index is 644. The Hall–Kier alpha value is -0.770. The van der Waals surface area contributed by atoms with Crippen LogP contribution in [0.15, 0.2) is 27.6 Å². The van der Waals surface area contributed by atoms with Crippen molar-refractivity contribution >= 4 is 42.7 Å². The second kappa shape index (κ2) is 6.79. The van der Waals surface area contributed by atoms with Crippen molar-refractivity contribution in [3.63, 3.8) is 0 Å². The van der Waals surface area contributed by atoms with E-state index in [2.05, 4.69) is 20.7 Å². The third-order valence-electron chi connectivity index (χ3n) is 2.31. The third-order valence-corrected chi connectivity index (χ3v) is 5.86. The van der Waals surface area contributed by atoms with Crippen LogP contribution in [0.3, 0.4) is 0 Å². The van der Waals surface area contributed by atoms with E-state index in [4.69, 9.17) is 5.11 Å². The lowest BCUT2D eigenvalue weighted by Gasteiger charge is -2.14. The molecule has 2 N–H and O–H groups in total. The van der Waals surface area contributed by atoms with Gasteiger partial charge < -0.3 is 5.11 Å². The molecule has 0 aliphatic carbocycles. The smallest absolute Gasteiger partial charge is 0.335 e. The number of halogens is 1. The summed E-state index contributed by atoms with van der Waals surface area (Å²) in [6.45, 7) is 1.59. The highest BCUT2D eigenvalue weighted by Crippen LogP contribution is 2.23. The number of rotatable bonds is 6. The molecule has 0 spiro atoms. The van der Waals surface area contributed by atoms with E-state index in [0.717, 1.165) is 6.07 Å². The molecule has 0 saturated heterocycles. The highest BCUT2D eigenvalue weighted by Gasteiger charge is 2.22. The highest BCUT2D eigenvalue weighted by atomic mass is 79.9. The fraction of sp³-hybridized carbons (Fsp3) is 0.364. The van der Waals surface area contributed by atoms with E-state index in [0.29, 0.717) is 0 Å². The number of sulfonamides is 1. The first-order valence-electron chi connectivity index (χ1n) is 5.48. The van der Waals surface area contributed by atoms with Gasteiger partial charge in [-0.25, -0.2) is 17.9 Å². The molecule has 0 saturated carbocycles. The van der Waals surface area contributed by atoms with Gasteiger partial charge in [0.2, 0.25) is 10.0 Å². The topological polar surface area (TPSA) is 101 Å².